The molecule has 0 radical (unpaired) electrons. The van der Waals surface area contributed by atoms with Gasteiger partial charge in [-0.3, -0.25) is 9.59 Å². The molecule has 5 nitrogen and oxygen atoms in total. The van der Waals surface area contributed by atoms with E-state index in [1.807, 2.05) is 54.6 Å². The van der Waals surface area contributed by atoms with Crippen LogP contribution in [0.2, 0.25) is 0 Å². The second-order valence-electron chi connectivity index (χ2n) is 8.69. The monoisotopic (exact) mass is 435 g/mol. The van der Waals surface area contributed by atoms with Gasteiger partial charge < -0.3 is 14.4 Å². The minimum Gasteiger partial charge on any atom is -0.497 e. The largest absolute Gasteiger partial charge is 0.497 e. The first-order chi connectivity index (χ1) is 15.6. The van der Waals surface area contributed by atoms with E-state index in [4.69, 9.17) is 9.47 Å². The van der Waals surface area contributed by atoms with Crippen LogP contribution in [0.25, 0.3) is 0 Å². The zero-order chi connectivity index (χ0) is 22.2. The summed E-state index contributed by atoms with van der Waals surface area (Å²) in [5, 5.41) is 0. The number of rotatable bonds is 5. The number of benzene rings is 2. The Morgan fingerprint density at radius 1 is 1.06 bits per heavy atom. The maximum absolute atomic E-state index is 14.1. The van der Waals surface area contributed by atoms with Crippen molar-refractivity contribution < 1.29 is 23.5 Å². The number of halogens is 1. The number of ether oxygens (including phenoxy) is 2. The molecule has 0 saturated heterocycles. The number of amides is 1. The van der Waals surface area contributed by atoms with Gasteiger partial charge in [0.1, 0.15) is 18.0 Å². The molecule has 0 bridgehead atoms. The van der Waals surface area contributed by atoms with Crippen LogP contribution in [-0.2, 0) is 20.7 Å². The molecule has 1 fully saturated rings. The number of carbonyl (C=O) groups excluding carboxylic acids is 2. The Kier molecular flexibility index (Phi) is 5.45. The molecule has 4 unspecified atom stereocenters. The summed E-state index contributed by atoms with van der Waals surface area (Å²) < 4.78 is 25.4. The van der Waals surface area contributed by atoms with Gasteiger partial charge in [0.2, 0.25) is 0 Å². The maximum atomic E-state index is 14.1. The lowest BCUT2D eigenvalue weighted by Gasteiger charge is -2.36. The van der Waals surface area contributed by atoms with Crippen molar-refractivity contribution in [1.29, 1.82) is 0 Å². The van der Waals surface area contributed by atoms with Gasteiger partial charge in [0.25, 0.3) is 5.91 Å². The van der Waals surface area contributed by atoms with Gasteiger partial charge in [-0.25, -0.2) is 4.39 Å². The van der Waals surface area contributed by atoms with Crippen molar-refractivity contribution in [3.63, 3.8) is 0 Å². The predicted octanol–water partition coefficient (Wildman–Crippen LogP) is 4.18. The summed E-state index contributed by atoms with van der Waals surface area (Å²) in [7, 11) is 1.62. The molecule has 2 aliphatic heterocycles. The van der Waals surface area contributed by atoms with Gasteiger partial charge in [0, 0.05) is 6.54 Å². The topological polar surface area (TPSA) is 55.8 Å². The third kappa shape index (κ3) is 3.57. The quantitative estimate of drug-likeness (QED) is 0.707. The minimum absolute atomic E-state index is 0.132. The standard InChI is InChI=1S/C26H26FNO4/c1-31-19-10-7-16(8-11-19)13-14-28-23(17-5-3-2-4-6-17)22-24(29)20-15-18(27)9-12-21(20)32-25(22)26(28)30/h2-8,10-11,18,20-21,23H,9,12-15H2,1H3. The van der Waals surface area contributed by atoms with E-state index < -0.39 is 24.2 Å². The van der Waals surface area contributed by atoms with Crippen molar-refractivity contribution >= 4 is 11.7 Å². The van der Waals surface area contributed by atoms with Crippen LogP contribution in [0, 0.1) is 5.92 Å². The molecule has 0 spiro atoms. The SMILES string of the molecule is COc1ccc(CCN2C(=O)C3=C(C(=O)C4CC(F)CCC4O3)C2c2ccccc2)cc1. The summed E-state index contributed by atoms with van der Waals surface area (Å²) in [5.41, 5.74) is 2.33. The second kappa shape index (κ2) is 8.41. The number of nitrogens with zero attached hydrogens (tertiary/aromatic N) is 1. The predicted molar refractivity (Wildman–Crippen MR) is 117 cm³/mol. The van der Waals surface area contributed by atoms with Crippen molar-refractivity contribution in [2.75, 3.05) is 13.7 Å². The van der Waals surface area contributed by atoms with Crippen LogP contribution in [0.3, 0.4) is 0 Å². The Labute approximate surface area is 186 Å². The molecule has 1 amide bonds. The first-order valence-corrected chi connectivity index (χ1v) is 11.1. The molecule has 1 aliphatic carbocycles. The Morgan fingerprint density at radius 2 is 1.81 bits per heavy atom. The lowest BCUT2D eigenvalue weighted by atomic mass is 9.77. The van der Waals surface area contributed by atoms with E-state index >= 15 is 0 Å². The molecule has 1 saturated carbocycles. The third-order valence-electron chi connectivity index (χ3n) is 6.79. The van der Waals surface area contributed by atoms with Gasteiger partial charge in [-0.1, -0.05) is 42.5 Å². The van der Waals surface area contributed by atoms with Crippen molar-refractivity contribution in [2.24, 2.45) is 5.92 Å². The number of carbonyl (C=O) groups is 2. The van der Waals surface area contributed by atoms with E-state index in [9.17, 15) is 14.0 Å². The molecule has 5 rings (SSSR count). The second-order valence-corrected chi connectivity index (χ2v) is 8.69. The first kappa shape index (κ1) is 20.7. The zero-order valence-corrected chi connectivity index (χ0v) is 18.0. The summed E-state index contributed by atoms with van der Waals surface area (Å²) in [5.74, 6) is 0.0394. The molecule has 0 aromatic heterocycles. The highest BCUT2D eigenvalue weighted by Crippen LogP contribution is 2.47. The summed E-state index contributed by atoms with van der Waals surface area (Å²) in [6, 6.07) is 16.8. The highest BCUT2D eigenvalue weighted by atomic mass is 19.1. The molecule has 0 N–H and O–H groups in total. The van der Waals surface area contributed by atoms with E-state index in [2.05, 4.69) is 0 Å². The van der Waals surface area contributed by atoms with E-state index in [0.29, 0.717) is 31.4 Å². The summed E-state index contributed by atoms with van der Waals surface area (Å²) in [6.45, 7) is 0.440. The van der Waals surface area contributed by atoms with Crippen LogP contribution < -0.4 is 4.74 Å². The highest BCUT2D eigenvalue weighted by molar-refractivity contribution is 6.11. The molecule has 6 heteroatoms. The fourth-order valence-electron chi connectivity index (χ4n) is 5.12. The van der Waals surface area contributed by atoms with Gasteiger partial charge in [-0.2, -0.15) is 0 Å². The fraction of sp³-hybridized carbons (Fsp3) is 0.385. The van der Waals surface area contributed by atoms with Gasteiger partial charge in [-0.15, -0.1) is 0 Å². The summed E-state index contributed by atoms with van der Waals surface area (Å²) in [4.78, 5) is 28.7. The smallest absolute Gasteiger partial charge is 0.290 e. The van der Waals surface area contributed by atoms with E-state index in [1.54, 1.807) is 12.0 Å². The highest BCUT2D eigenvalue weighted by Gasteiger charge is 2.52. The van der Waals surface area contributed by atoms with E-state index in [-0.39, 0.29) is 23.9 Å². The van der Waals surface area contributed by atoms with Crippen molar-refractivity contribution in [3.8, 4) is 5.75 Å². The molecule has 3 aliphatic rings. The zero-order valence-electron chi connectivity index (χ0n) is 18.0. The third-order valence-corrected chi connectivity index (χ3v) is 6.79. The number of ketones is 1. The van der Waals surface area contributed by atoms with Crippen LogP contribution in [0.15, 0.2) is 65.9 Å². The van der Waals surface area contributed by atoms with Crippen LogP contribution in [0.5, 0.6) is 5.75 Å². The average molecular weight is 435 g/mol. The summed E-state index contributed by atoms with van der Waals surface area (Å²) >= 11 is 0. The van der Waals surface area contributed by atoms with Gasteiger partial charge in [0.15, 0.2) is 11.5 Å². The molecule has 2 aromatic carbocycles. The fourth-order valence-corrected chi connectivity index (χ4v) is 5.12. The number of methoxy groups -OCH3 is 1. The molecule has 4 atom stereocenters. The molecule has 2 heterocycles. The molecular weight excluding hydrogens is 409 g/mol. The van der Waals surface area contributed by atoms with Crippen molar-refractivity contribution in [2.45, 2.75) is 44.0 Å². The van der Waals surface area contributed by atoms with Crippen molar-refractivity contribution in [3.05, 3.63) is 77.1 Å². The van der Waals surface area contributed by atoms with E-state index in [0.717, 1.165) is 16.9 Å². The van der Waals surface area contributed by atoms with Crippen molar-refractivity contribution in [1.82, 2.24) is 4.90 Å². The number of hydrogen-bond donors (Lipinski definition) is 0. The van der Waals surface area contributed by atoms with Gasteiger partial charge >= 0.3 is 0 Å². The molecule has 32 heavy (non-hydrogen) atoms. The minimum atomic E-state index is -0.996. The first-order valence-electron chi connectivity index (χ1n) is 11.1. The van der Waals surface area contributed by atoms with Crippen LogP contribution >= 0.6 is 0 Å². The summed E-state index contributed by atoms with van der Waals surface area (Å²) in [6.07, 6.45) is 0.229. The lowest BCUT2D eigenvalue weighted by Crippen LogP contribution is -2.42. The Hall–Kier alpha value is -3.15. The number of Topliss-reactive ketones (excluding diaryl/α,β-unsaturated/α-hetero) is 1. The maximum Gasteiger partial charge on any atom is 0.290 e. The van der Waals surface area contributed by atoms with Gasteiger partial charge in [-0.05, 0) is 48.9 Å². The number of alkyl halides is 1. The van der Waals surface area contributed by atoms with Crippen LogP contribution in [0.1, 0.15) is 36.4 Å². The number of fused-ring (bicyclic) bond motifs is 1. The Balaban J connectivity index is 1.46. The Bertz CT molecular complexity index is 1050. The van der Waals surface area contributed by atoms with Crippen LogP contribution in [0.4, 0.5) is 4.39 Å². The molecule has 2 aromatic rings. The lowest BCUT2D eigenvalue weighted by molar-refractivity contribution is -0.136. The normalized spacial score (nSPS) is 27.1. The molecule has 166 valence electrons. The number of hydrogen-bond acceptors (Lipinski definition) is 4. The van der Waals surface area contributed by atoms with E-state index in [1.165, 1.54) is 0 Å². The average Bonchev–Trinajstić information content (AvgIpc) is 3.11. The molecular formula is C26H26FNO4. The van der Waals surface area contributed by atoms with Crippen LogP contribution in [-0.4, -0.2) is 42.5 Å². The van der Waals surface area contributed by atoms with Gasteiger partial charge in [0.05, 0.1) is 24.6 Å². The Morgan fingerprint density at radius 3 is 2.53 bits per heavy atom.